The molecule has 23 heavy (non-hydrogen) atoms. The molecule has 0 saturated carbocycles. The molecule has 2 aliphatic rings. The molecule has 0 amide bonds. The van der Waals surface area contributed by atoms with Crippen LogP contribution < -0.4 is 0 Å². The molecule has 0 fully saturated rings. The predicted octanol–water partition coefficient (Wildman–Crippen LogP) is 4.70. The van der Waals surface area contributed by atoms with Crippen LogP contribution >= 0.6 is 15.9 Å². The van der Waals surface area contributed by atoms with Crippen LogP contribution in [0.1, 0.15) is 25.3 Å². The molecule has 0 N–H and O–H groups in total. The summed E-state index contributed by atoms with van der Waals surface area (Å²) in [6.07, 6.45) is 9.20. The number of carbonyl (C=O) groups is 1. The molecule has 1 aromatic carbocycles. The van der Waals surface area contributed by atoms with Gasteiger partial charge in [0.1, 0.15) is 0 Å². The Hall–Kier alpha value is -1.94. The molecule has 1 aliphatic carbocycles. The second kappa shape index (κ2) is 7.09. The van der Waals surface area contributed by atoms with Crippen LogP contribution in [-0.2, 0) is 9.53 Å². The van der Waals surface area contributed by atoms with Gasteiger partial charge in [-0.25, -0.2) is 0 Å². The Balaban J connectivity index is 2.05. The Morgan fingerprint density at radius 1 is 1.43 bits per heavy atom. The molecule has 1 unspecified atom stereocenters. The van der Waals surface area contributed by atoms with E-state index in [1.165, 1.54) is 5.57 Å². The van der Waals surface area contributed by atoms with Crippen molar-refractivity contribution in [3.05, 3.63) is 63.8 Å². The minimum Gasteiger partial charge on any atom is -0.466 e. The zero-order valence-electron chi connectivity index (χ0n) is 13.0. The molecule has 0 saturated heterocycles. The van der Waals surface area contributed by atoms with Gasteiger partial charge in [-0.05, 0) is 48.3 Å². The number of halogens is 1. The van der Waals surface area contributed by atoms with Crippen LogP contribution in [0.15, 0.2) is 63.2 Å². The zero-order chi connectivity index (χ0) is 16.2. The van der Waals surface area contributed by atoms with Crippen molar-refractivity contribution in [2.45, 2.75) is 19.8 Å². The fourth-order valence-electron chi connectivity index (χ4n) is 3.01. The predicted molar refractivity (Wildman–Crippen MR) is 96.1 cm³/mol. The van der Waals surface area contributed by atoms with Gasteiger partial charge in [0.05, 0.1) is 13.0 Å². The van der Waals surface area contributed by atoms with Crippen molar-refractivity contribution in [1.29, 1.82) is 0 Å². The van der Waals surface area contributed by atoms with E-state index in [0.29, 0.717) is 6.61 Å². The Kier molecular flexibility index (Phi) is 4.91. The summed E-state index contributed by atoms with van der Waals surface area (Å²) in [7, 11) is 0. The normalized spacial score (nSPS) is 19.4. The number of rotatable bonds is 4. The van der Waals surface area contributed by atoms with E-state index in [-0.39, 0.29) is 18.3 Å². The molecule has 1 atom stereocenters. The van der Waals surface area contributed by atoms with E-state index in [1.807, 2.05) is 37.4 Å². The van der Waals surface area contributed by atoms with Crippen LogP contribution in [0.3, 0.4) is 0 Å². The highest BCUT2D eigenvalue weighted by molar-refractivity contribution is 9.10. The SMILES string of the molecule is CCOC(=O)CC1=C(c2cccc(Br)c2)C2CC=CC=C2N=C1. The van der Waals surface area contributed by atoms with E-state index in [2.05, 4.69) is 39.1 Å². The van der Waals surface area contributed by atoms with E-state index in [9.17, 15) is 4.79 Å². The molecule has 3 nitrogen and oxygen atoms in total. The highest BCUT2D eigenvalue weighted by Crippen LogP contribution is 2.40. The fourth-order valence-corrected chi connectivity index (χ4v) is 3.41. The van der Waals surface area contributed by atoms with Gasteiger partial charge in [0, 0.05) is 22.3 Å². The van der Waals surface area contributed by atoms with Crippen LogP contribution in [-0.4, -0.2) is 18.8 Å². The summed E-state index contributed by atoms with van der Waals surface area (Å²) in [5.74, 6) is -0.0102. The smallest absolute Gasteiger partial charge is 0.310 e. The third kappa shape index (κ3) is 3.53. The lowest BCUT2D eigenvalue weighted by atomic mass is 9.80. The van der Waals surface area contributed by atoms with Crippen molar-refractivity contribution in [2.75, 3.05) is 6.61 Å². The van der Waals surface area contributed by atoms with Gasteiger partial charge >= 0.3 is 5.97 Å². The number of allylic oxidation sites excluding steroid dienone is 4. The molecule has 1 aromatic rings. The largest absolute Gasteiger partial charge is 0.466 e. The van der Waals surface area contributed by atoms with E-state index in [0.717, 1.165) is 27.7 Å². The number of fused-ring (bicyclic) bond motifs is 1. The molecule has 0 radical (unpaired) electrons. The van der Waals surface area contributed by atoms with E-state index in [4.69, 9.17) is 4.74 Å². The zero-order valence-corrected chi connectivity index (χ0v) is 14.5. The van der Waals surface area contributed by atoms with Crippen molar-refractivity contribution < 1.29 is 9.53 Å². The molecular weight excluding hydrogens is 354 g/mol. The maximum absolute atomic E-state index is 12.0. The van der Waals surface area contributed by atoms with Crippen LogP contribution in [0.5, 0.6) is 0 Å². The number of ether oxygens (including phenoxy) is 1. The monoisotopic (exact) mass is 371 g/mol. The molecule has 0 bridgehead atoms. The Morgan fingerprint density at radius 2 is 2.30 bits per heavy atom. The van der Waals surface area contributed by atoms with Crippen molar-refractivity contribution >= 4 is 33.7 Å². The number of hydrogen-bond acceptors (Lipinski definition) is 3. The number of esters is 1. The minimum atomic E-state index is -0.208. The van der Waals surface area contributed by atoms with E-state index in [1.54, 1.807) is 0 Å². The number of benzene rings is 1. The van der Waals surface area contributed by atoms with Gasteiger partial charge in [0.2, 0.25) is 0 Å². The Bertz CT molecular complexity index is 743. The maximum atomic E-state index is 12.0. The van der Waals surface area contributed by atoms with Crippen molar-refractivity contribution in [2.24, 2.45) is 10.9 Å². The summed E-state index contributed by atoms with van der Waals surface area (Å²) >= 11 is 3.54. The molecule has 0 aromatic heterocycles. The van der Waals surface area contributed by atoms with Gasteiger partial charge in [-0.2, -0.15) is 0 Å². The number of nitrogens with zero attached hydrogens (tertiary/aromatic N) is 1. The number of carbonyl (C=O) groups excluding carboxylic acids is 1. The lowest BCUT2D eigenvalue weighted by Gasteiger charge is -2.28. The van der Waals surface area contributed by atoms with E-state index >= 15 is 0 Å². The third-order valence-corrected chi connectivity index (χ3v) is 4.46. The van der Waals surface area contributed by atoms with Crippen molar-refractivity contribution in [3.63, 3.8) is 0 Å². The van der Waals surface area contributed by atoms with Gasteiger partial charge in [-0.1, -0.05) is 40.2 Å². The van der Waals surface area contributed by atoms with Crippen molar-refractivity contribution in [1.82, 2.24) is 0 Å². The van der Waals surface area contributed by atoms with Crippen LogP contribution in [0.25, 0.3) is 5.57 Å². The van der Waals surface area contributed by atoms with Crippen LogP contribution in [0.2, 0.25) is 0 Å². The van der Waals surface area contributed by atoms with Gasteiger partial charge in [0.25, 0.3) is 0 Å². The summed E-state index contributed by atoms with van der Waals surface area (Å²) in [5.41, 5.74) is 4.29. The van der Waals surface area contributed by atoms with Gasteiger partial charge < -0.3 is 4.74 Å². The van der Waals surface area contributed by atoms with Crippen LogP contribution in [0, 0.1) is 5.92 Å². The van der Waals surface area contributed by atoms with Gasteiger partial charge in [-0.3, -0.25) is 9.79 Å². The molecule has 118 valence electrons. The molecule has 3 rings (SSSR count). The first-order chi connectivity index (χ1) is 11.2. The molecular formula is C19H18BrNO2. The van der Waals surface area contributed by atoms with Gasteiger partial charge in [0.15, 0.2) is 0 Å². The number of dihydropyridines is 1. The lowest BCUT2D eigenvalue weighted by molar-refractivity contribution is -0.142. The molecule has 0 spiro atoms. The number of aliphatic imine (C=N–C) groups is 1. The highest BCUT2D eigenvalue weighted by Gasteiger charge is 2.27. The topological polar surface area (TPSA) is 38.7 Å². The first kappa shape index (κ1) is 15.9. The summed E-state index contributed by atoms with van der Waals surface area (Å²) < 4.78 is 6.14. The second-order valence-corrected chi connectivity index (χ2v) is 6.41. The summed E-state index contributed by atoms with van der Waals surface area (Å²) in [4.78, 5) is 16.5. The lowest BCUT2D eigenvalue weighted by Crippen LogP contribution is -2.17. The Morgan fingerprint density at radius 3 is 3.09 bits per heavy atom. The molecule has 1 heterocycles. The van der Waals surface area contributed by atoms with Gasteiger partial charge in [-0.15, -0.1) is 0 Å². The average Bonchev–Trinajstić information content (AvgIpc) is 2.55. The highest BCUT2D eigenvalue weighted by atomic mass is 79.9. The average molecular weight is 372 g/mol. The molecule has 4 heteroatoms. The summed E-state index contributed by atoms with van der Waals surface area (Å²) in [6.45, 7) is 2.22. The Labute approximate surface area is 144 Å². The summed E-state index contributed by atoms with van der Waals surface area (Å²) in [6, 6.07) is 8.20. The second-order valence-electron chi connectivity index (χ2n) is 5.50. The summed E-state index contributed by atoms with van der Waals surface area (Å²) in [5, 5.41) is 0. The van der Waals surface area contributed by atoms with Crippen LogP contribution in [0.4, 0.5) is 0 Å². The molecule has 1 aliphatic heterocycles. The fraction of sp³-hybridized carbons (Fsp3) is 0.263. The first-order valence-corrected chi connectivity index (χ1v) is 8.53. The standard InChI is InChI=1S/C19H18BrNO2/c1-2-23-18(22)11-14-12-21-17-9-4-3-8-16(17)19(14)13-6-5-7-15(20)10-13/h3-7,9-10,12,16H,2,8,11H2,1H3. The number of hydrogen-bond donors (Lipinski definition) is 0. The maximum Gasteiger partial charge on any atom is 0.310 e. The first-order valence-electron chi connectivity index (χ1n) is 7.74. The minimum absolute atomic E-state index is 0.198. The quantitative estimate of drug-likeness (QED) is 0.719. The van der Waals surface area contributed by atoms with E-state index < -0.39 is 0 Å². The third-order valence-electron chi connectivity index (χ3n) is 3.97. The van der Waals surface area contributed by atoms with Crippen molar-refractivity contribution in [3.8, 4) is 0 Å².